The van der Waals surface area contributed by atoms with Crippen molar-refractivity contribution in [1.29, 1.82) is 0 Å². The smallest absolute Gasteiger partial charge is 0.295 e. The average molecular weight is 322 g/mol. The second kappa shape index (κ2) is 6.62. The number of nitro groups is 1. The van der Waals surface area contributed by atoms with Gasteiger partial charge in [-0.2, -0.15) is 0 Å². The van der Waals surface area contributed by atoms with Gasteiger partial charge in [-0.25, -0.2) is 4.98 Å². The summed E-state index contributed by atoms with van der Waals surface area (Å²) in [5, 5.41) is 12.1. The number of rotatable bonds is 5. The molecule has 0 bridgehead atoms. The van der Waals surface area contributed by atoms with E-state index < -0.39 is 0 Å². The molecule has 0 aliphatic heterocycles. The second-order valence-electron chi connectivity index (χ2n) is 5.71. The van der Waals surface area contributed by atoms with Crippen LogP contribution in [0.2, 0.25) is 0 Å². The van der Waals surface area contributed by atoms with E-state index in [-0.39, 0.29) is 10.6 Å². The number of hydrogen-bond donors (Lipinski definition) is 0. The average Bonchev–Trinajstić information content (AvgIpc) is 2.59. The molecule has 0 amide bonds. The minimum absolute atomic E-state index is 0.0376. The lowest BCUT2D eigenvalue weighted by molar-refractivity contribution is -0.383. The quantitative estimate of drug-likeness (QED) is 0.531. The van der Waals surface area contributed by atoms with E-state index in [0.29, 0.717) is 5.52 Å². The summed E-state index contributed by atoms with van der Waals surface area (Å²) in [6.45, 7) is 2.62. The number of nitro benzene ring substituents is 1. The molecule has 0 spiro atoms. The van der Waals surface area contributed by atoms with Gasteiger partial charge < -0.3 is 4.90 Å². The van der Waals surface area contributed by atoms with E-state index >= 15 is 0 Å². The number of likely N-dealkylation sites (N-methyl/N-ethyl adjacent to an activating group) is 1. The molecule has 6 nitrogen and oxygen atoms in total. The van der Waals surface area contributed by atoms with Gasteiger partial charge in [0, 0.05) is 54.7 Å². The van der Waals surface area contributed by atoms with Crippen LogP contribution in [0, 0.1) is 17.0 Å². The lowest BCUT2D eigenvalue weighted by Gasteiger charge is -2.21. The first-order chi connectivity index (χ1) is 11.6. The van der Waals surface area contributed by atoms with Crippen molar-refractivity contribution < 1.29 is 4.92 Å². The van der Waals surface area contributed by atoms with Gasteiger partial charge in [0.1, 0.15) is 0 Å². The zero-order chi connectivity index (χ0) is 17.1. The molecule has 3 aromatic rings. The number of nitrogens with zero attached hydrogens (tertiary/aromatic N) is 4. The zero-order valence-electron chi connectivity index (χ0n) is 13.6. The molecule has 122 valence electrons. The Morgan fingerprint density at radius 1 is 1.21 bits per heavy atom. The predicted molar refractivity (Wildman–Crippen MR) is 94.3 cm³/mol. The van der Waals surface area contributed by atoms with Gasteiger partial charge in [0.2, 0.25) is 0 Å². The summed E-state index contributed by atoms with van der Waals surface area (Å²) < 4.78 is 0. The summed E-state index contributed by atoms with van der Waals surface area (Å²) in [4.78, 5) is 21.7. The van der Waals surface area contributed by atoms with Crippen LogP contribution in [-0.4, -0.2) is 28.5 Å². The Balaban J connectivity index is 1.96. The lowest BCUT2D eigenvalue weighted by atomic mass is 10.1. The monoisotopic (exact) mass is 322 g/mol. The lowest BCUT2D eigenvalue weighted by Crippen LogP contribution is -2.21. The van der Waals surface area contributed by atoms with Crippen LogP contribution in [0.5, 0.6) is 0 Å². The van der Waals surface area contributed by atoms with Crippen molar-refractivity contribution in [1.82, 2.24) is 9.97 Å². The number of hydrogen-bond acceptors (Lipinski definition) is 5. The molecule has 0 aliphatic rings. The number of benzene rings is 1. The molecule has 24 heavy (non-hydrogen) atoms. The molecule has 0 radical (unpaired) electrons. The highest BCUT2D eigenvalue weighted by Gasteiger charge is 2.17. The highest BCUT2D eigenvalue weighted by atomic mass is 16.6. The van der Waals surface area contributed by atoms with Crippen molar-refractivity contribution in [2.75, 3.05) is 18.5 Å². The molecule has 0 saturated carbocycles. The predicted octanol–water partition coefficient (Wildman–Crippen LogP) is 3.53. The summed E-state index contributed by atoms with van der Waals surface area (Å²) in [5.74, 6) is 0. The summed E-state index contributed by atoms with van der Waals surface area (Å²) in [7, 11) is 1.98. The maximum Gasteiger partial charge on any atom is 0.295 e. The van der Waals surface area contributed by atoms with Crippen molar-refractivity contribution in [2.24, 2.45) is 0 Å². The maximum atomic E-state index is 11.3. The number of pyridine rings is 2. The second-order valence-corrected chi connectivity index (χ2v) is 5.71. The van der Waals surface area contributed by atoms with Crippen molar-refractivity contribution in [3.05, 3.63) is 70.2 Å². The fraction of sp³-hybridized carbons (Fsp3) is 0.222. The van der Waals surface area contributed by atoms with Crippen LogP contribution in [0.4, 0.5) is 11.4 Å². The van der Waals surface area contributed by atoms with E-state index in [9.17, 15) is 10.1 Å². The first-order valence-corrected chi connectivity index (χ1v) is 7.72. The highest BCUT2D eigenvalue weighted by Crippen LogP contribution is 2.31. The van der Waals surface area contributed by atoms with Gasteiger partial charge in [-0.3, -0.25) is 15.1 Å². The molecular formula is C18H18N4O2. The third-order valence-corrected chi connectivity index (χ3v) is 3.96. The summed E-state index contributed by atoms with van der Waals surface area (Å²) in [5.41, 5.74) is 3.19. The topological polar surface area (TPSA) is 72.2 Å². The molecule has 0 atom stereocenters. The largest absolute Gasteiger partial charge is 0.374 e. The van der Waals surface area contributed by atoms with E-state index in [2.05, 4.69) is 14.9 Å². The van der Waals surface area contributed by atoms with Gasteiger partial charge in [0.05, 0.1) is 4.92 Å². The van der Waals surface area contributed by atoms with Crippen molar-refractivity contribution in [3.63, 3.8) is 0 Å². The SMILES string of the molecule is Cc1cc(N(C)CCc2ccccn2)c2cccc([N+](=O)[O-])c2n1. The number of aryl methyl sites for hydroxylation is 1. The zero-order valence-corrected chi connectivity index (χ0v) is 13.6. The number of non-ortho nitro benzene ring substituents is 1. The summed E-state index contributed by atoms with van der Waals surface area (Å²) in [6, 6.07) is 12.9. The van der Waals surface area contributed by atoms with Gasteiger partial charge >= 0.3 is 0 Å². The Morgan fingerprint density at radius 2 is 2.04 bits per heavy atom. The molecule has 2 heterocycles. The Hall–Kier alpha value is -3.02. The number of aromatic nitrogens is 2. The van der Waals surface area contributed by atoms with Crippen molar-refractivity contribution in [2.45, 2.75) is 13.3 Å². The molecule has 0 N–H and O–H groups in total. The van der Waals surface area contributed by atoms with Crippen LogP contribution >= 0.6 is 0 Å². The minimum atomic E-state index is -0.382. The normalized spacial score (nSPS) is 10.8. The third-order valence-electron chi connectivity index (χ3n) is 3.96. The fourth-order valence-corrected chi connectivity index (χ4v) is 2.75. The van der Waals surface area contributed by atoms with Crippen LogP contribution < -0.4 is 4.90 Å². The van der Waals surface area contributed by atoms with E-state index in [4.69, 9.17) is 0 Å². The van der Waals surface area contributed by atoms with E-state index in [1.54, 1.807) is 12.3 Å². The molecule has 1 aromatic carbocycles. The fourth-order valence-electron chi connectivity index (χ4n) is 2.75. The van der Waals surface area contributed by atoms with E-state index in [1.165, 1.54) is 6.07 Å². The van der Waals surface area contributed by atoms with Crippen LogP contribution in [0.1, 0.15) is 11.4 Å². The first kappa shape index (κ1) is 15.9. The number of fused-ring (bicyclic) bond motifs is 1. The van der Waals surface area contributed by atoms with Gasteiger partial charge in [-0.15, -0.1) is 0 Å². The minimum Gasteiger partial charge on any atom is -0.374 e. The molecule has 0 fully saturated rings. The van der Waals surface area contributed by atoms with Gasteiger partial charge in [0.15, 0.2) is 5.52 Å². The van der Waals surface area contributed by atoms with Crippen molar-refractivity contribution in [3.8, 4) is 0 Å². The summed E-state index contributed by atoms with van der Waals surface area (Å²) >= 11 is 0. The van der Waals surface area contributed by atoms with Crippen LogP contribution in [-0.2, 0) is 6.42 Å². The molecule has 6 heteroatoms. The van der Waals surface area contributed by atoms with Gasteiger partial charge in [0.25, 0.3) is 5.69 Å². The highest BCUT2D eigenvalue weighted by molar-refractivity contribution is 5.97. The Bertz CT molecular complexity index is 881. The molecule has 0 saturated heterocycles. The standard InChI is InChI=1S/C18H18N4O2/c1-13-12-17(21(2)11-9-14-6-3-4-10-19-14)15-7-5-8-16(22(23)24)18(15)20-13/h3-8,10,12H,9,11H2,1-2H3. The summed E-state index contributed by atoms with van der Waals surface area (Å²) in [6.07, 6.45) is 2.58. The number of anilines is 1. The van der Waals surface area contributed by atoms with E-state index in [1.807, 2.05) is 44.3 Å². The van der Waals surface area contributed by atoms with Crippen molar-refractivity contribution >= 4 is 22.3 Å². The van der Waals surface area contributed by atoms with Crippen LogP contribution in [0.25, 0.3) is 10.9 Å². The van der Waals surface area contributed by atoms with Crippen LogP contribution in [0.15, 0.2) is 48.7 Å². The molecule has 0 unspecified atom stereocenters. The van der Waals surface area contributed by atoms with Gasteiger partial charge in [-0.05, 0) is 25.1 Å². The Kier molecular flexibility index (Phi) is 4.37. The Morgan fingerprint density at radius 3 is 2.75 bits per heavy atom. The van der Waals surface area contributed by atoms with Gasteiger partial charge in [-0.1, -0.05) is 18.2 Å². The maximum absolute atomic E-state index is 11.3. The van der Waals surface area contributed by atoms with E-state index in [0.717, 1.165) is 35.4 Å². The Labute approximate surface area is 139 Å². The van der Waals surface area contributed by atoms with Crippen LogP contribution in [0.3, 0.4) is 0 Å². The third kappa shape index (κ3) is 3.17. The first-order valence-electron chi connectivity index (χ1n) is 7.72. The number of para-hydroxylation sites is 1. The molecular weight excluding hydrogens is 304 g/mol. The molecule has 3 rings (SSSR count). The molecule has 2 aromatic heterocycles. The molecule has 0 aliphatic carbocycles.